The van der Waals surface area contributed by atoms with Crippen molar-refractivity contribution in [2.45, 2.75) is 0 Å². The number of carbonyl (C=O) groups is 2. The summed E-state index contributed by atoms with van der Waals surface area (Å²) in [5.41, 5.74) is 2.39. The number of carboxylic acid groups (broad SMARTS) is 1. The number of nitrogens with one attached hydrogen (secondary N) is 2. The third kappa shape index (κ3) is 3.22. The number of allylic oxidation sites excluding steroid dienone is 2. The first-order valence-electron chi connectivity index (χ1n) is 6.86. The molecular weight excluding hydrogens is 320 g/mol. The van der Waals surface area contributed by atoms with E-state index in [1.54, 1.807) is 6.08 Å². The smallest absolute Gasteiger partial charge is 0.336 e. The van der Waals surface area contributed by atoms with E-state index in [0.29, 0.717) is 12.1 Å². The zero-order valence-electron chi connectivity index (χ0n) is 11.9. The lowest BCUT2D eigenvalue weighted by molar-refractivity contribution is -0.133. The largest absolute Gasteiger partial charge is 0.478 e. The van der Waals surface area contributed by atoms with Gasteiger partial charge in [-0.25, -0.2) is 4.79 Å². The summed E-state index contributed by atoms with van der Waals surface area (Å²) in [6.07, 6.45) is 3.09. The third-order valence-corrected chi connectivity index (χ3v) is 3.80. The van der Waals surface area contributed by atoms with Gasteiger partial charge in [0.05, 0.1) is 10.6 Å². The van der Waals surface area contributed by atoms with Crippen LogP contribution >= 0.6 is 11.6 Å². The maximum Gasteiger partial charge on any atom is 0.336 e. The Morgan fingerprint density at radius 1 is 1.26 bits per heavy atom. The number of anilines is 1. The van der Waals surface area contributed by atoms with E-state index in [0.717, 1.165) is 11.3 Å². The van der Waals surface area contributed by atoms with Crippen molar-refractivity contribution in [1.29, 1.82) is 0 Å². The standard InChI is InChI=1S/C16H13ClN2O4/c17-12-6-14(23-8-11(12)16(21)22)19-15(20)10-5-9-3-1-2-4-13(9)18-7-10/h1-6,18H,7-8H2,(H,19,20)(H,21,22). The highest BCUT2D eigenvalue weighted by Gasteiger charge is 2.22. The summed E-state index contributed by atoms with van der Waals surface area (Å²) in [5, 5.41) is 14.7. The number of hydrogen-bond acceptors (Lipinski definition) is 4. The van der Waals surface area contributed by atoms with E-state index in [4.69, 9.17) is 21.4 Å². The topological polar surface area (TPSA) is 87.7 Å². The van der Waals surface area contributed by atoms with Crippen LogP contribution in [0.4, 0.5) is 5.69 Å². The third-order valence-electron chi connectivity index (χ3n) is 3.46. The number of carboxylic acids is 1. The molecule has 0 fully saturated rings. The first kappa shape index (κ1) is 15.2. The van der Waals surface area contributed by atoms with E-state index >= 15 is 0 Å². The molecule has 2 heterocycles. The molecule has 7 heteroatoms. The molecule has 0 unspecified atom stereocenters. The minimum atomic E-state index is -1.15. The van der Waals surface area contributed by atoms with Gasteiger partial charge in [0.1, 0.15) is 6.61 Å². The van der Waals surface area contributed by atoms with Crippen LogP contribution in [0.5, 0.6) is 0 Å². The molecule has 2 aliphatic rings. The minimum absolute atomic E-state index is 0.0418. The highest BCUT2D eigenvalue weighted by molar-refractivity contribution is 6.33. The number of carbonyl (C=O) groups excluding carboxylic acids is 1. The predicted molar refractivity (Wildman–Crippen MR) is 85.6 cm³/mol. The fourth-order valence-corrected chi connectivity index (χ4v) is 2.48. The Bertz CT molecular complexity index is 780. The number of aliphatic carboxylic acids is 1. The number of para-hydroxylation sites is 1. The van der Waals surface area contributed by atoms with Crippen LogP contribution in [0, 0.1) is 0 Å². The van der Waals surface area contributed by atoms with E-state index in [1.165, 1.54) is 6.08 Å². The lowest BCUT2D eigenvalue weighted by Gasteiger charge is -2.20. The average molecular weight is 333 g/mol. The van der Waals surface area contributed by atoms with Gasteiger partial charge in [-0.3, -0.25) is 10.1 Å². The van der Waals surface area contributed by atoms with Gasteiger partial charge in [-0.1, -0.05) is 29.8 Å². The lowest BCUT2D eigenvalue weighted by atomic mass is 10.0. The van der Waals surface area contributed by atoms with Crippen molar-refractivity contribution in [3.63, 3.8) is 0 Å². The molecule has 118 valence electrons. The van der Waals surface area contributed by atoms with Gasteiger partial charge in [0.25, 0.3) is 5.91 Å². The summed E-state index contributed by atoms with van der Waals surface area (Å²) in [7, 11) is 0. The molecule has 3 N–H and O–H groups in total. The van der Waals surface area contributed by atoms with Gasteiger partial charge in [-0.05, 0) is 17.7 Å². The molecule has 3 rings (SSSR count). The first-order valence-corrected chi connectivity index (χ1v) is 7.23. The van der Waals surface area contributed by atoms with E-state index in [-0.39, 0.29) is 29.0 Å². The van der Waals surface area contributed by atoms with Gasteiger partial charge >= 0.3 is 5.97 Å². The molecule has 0 aliphatic carbocycles. The Hall–Kier alpha value is -2.73. The number of halogens is 1. The monoisotopic (exact) mass is 332 g/mol. The maximum absolute atomic E-state index is 12.3. The van der Waals surface area contributed by atoms with Crippen molar-refractivity contribution < 1.29 is 19.4 Å². The normalized spacial score (nSPS) is 16.4. The summed E-state index contributed by atoms with van der Waals surface area (Å²) < 4.78 is 5.21. The molecule has 23 heavy (non-hydrogen) atoms. The van der Waals surface area contributed by atoms with Crippen LogP contribution < -0.4 is 10.6 Å². The number of ether oxygens (including phenoxy) is 1. The fourth-order valence-electron chi connectivity index (χ4n) is 2.25. The van der Waals surface area contributed by atoms with Crippen molar-refractivity contribution in [3.05, 3.63) is 58.0 Å². The van der Waals surface area contributed by atoms with Crippen molar-refractivity contribution >= 4 is 35.2 Å². The number of fused-ring (bicyclic) bond motifs is 1. The van der Waals surface area contributed by atoms with Gasteiger partial charge in [0.15, 0.2) is 5.88 Å². The number of hydrogen-bond donors (Lipinski definition) is 3. The van der Waals surface area contributed by atoms with Crippen molar-refractivity contribution in [1.82, 2.24) is 5.32 Å². The quantitative estimate of drug-likeness (QED) is 0.788. The van der Waals surface area contributed by atoms with E-state index in [9.17, 15) is 9.59 Å². The summed E-state index contributed by atoms with van der Waals surface area (Å²) in [6, 6.07) is 7.65. The summed E-state index contributed by atoms with van der Waals surface area (Å²) in [6.45, 7) is 0.195. The van der Waals surface area contributed by atoms with E-state index in [1.807, 2.05) is 24.3 Å². The molecule has 0 spiro atoms. The number of amides is 1. The van der Waals surface area contributed by atoms with Crippen LogP contribution in [-0.2, 0) is 14.3 Å². The van der Waals surface area contributed by atoms with Crippen LogP contribution in [0.1, 0.15) is 5.56 Å². The summed E-state index contributed by atoms with van der Waals surface area (Å²) in [4.78, 5) is 23.2. The molecule has 1 amide bonds. The molecule has 6 nitrogen and oxygen atoms in total. The average Bonchev–Trinajstić information content (AvgIpc) is 2.54. The SMILES string of the molecule is O=C(O)C1=C(Cl)C=C(NC(=O)C2=Cc3ccccc3NC2)OC1. The summed E-state index contributed by atoms with van der Waals surface area (Å²) >= 11 is 5.87. The van der Waals surface area contributed by atoms with Crippen LogP contribution in [0.2, 0.25) is 0 Å². The van der Waals surface area contributed by atoms with Gasteiger partial charge in [-0.2, -0.15) is 0 Å². The molecule has 1 aromatic rings. The van der Waals surface area contributed by atoms with Crippen molar-refractivity contribution in [2.75, 3.05) is 18.5 Å². The molecule has 0 radical (unpaired) electrons. The second-order valence-corrected chi connectivity index (χ2v) is 5.40. The molecule has 0 aromatic heterocycles. The molecular formula is C16H13ClN2O4. The molecule has 1 aromatic carbocycles. The van der Waals surface area contributed by atoms with Gasteiger partial charge in [-0.15, -0.1) is 0 Å². The van der Waals surface area contributed by atoms with Gasteiger partial charge in [0.2, 0.25) is 0 Å². The predicted octanol–water partition coefficient (Wildman–Crippen LogP) is 2.06. The molecule has 0 saturated carbocycles. The second-order valence-electron chi connectivity index (χ2n) is 4.99. The van der Waals surface area contributed by atoms with Crippen molar-refractivity contribution in [3.8, 4) is 0 Å². The highest BCUT2D eigenvalue weighted by Crippen LogP contribution is 2.24. The Morgan fingerprint density at radius 3 is 2.78 bits per heavy atom. The Morgan fingerprint density at radius 2 is 2.04 bits per heavy atom. The molecule has 0 saturated heterocycles. The Balaban J connectivity index is 1.75. The van der Waals surface area contributed by atoms with Gasteiger partial charge in [0, 0.05) is 23.9 Å². The van der Waals surface area contributed by atoms with Crippen LogP contribution in [0.3, 0.4) is 0 Å². The Labute approximate surface area is 137 Å². The maximum atomic E-state index is 12.3. The first-order chi connectivity index (χ1) is 11.0. The van der Waals surface area contributed by atoms with Crippen LogP contribution in [0.25, 0.3) is 6.08 Å². The number of benzene rings is 1. The zero-order valence-corrected chi connectivity index (χ0v) is 12.7. The highest BCUT2D eigenvalue weighted by atomic mass is 35.5. The fraction of sp³-hybridized carbons (Fsp3) is 0.125. The summed E-state index contributed by atoms with van der Waals surface area (Å²) in [5.74, 6) is -1.35. The Kier molecular flexibility index (Phi) is 4.08. The van der Waals surface area contributed by atoms with Crippen LogP contribution in [0.15, 0.2) is 52.4 Å². The van der Waals surface area contributed by atoms with E-state index in [2.05, 4.69) is 10.6 Å². The van der Waals surface area contributed by atoms with Gasteiger partial charge < -0.3 is 15.2 Å². The molecule has 0 atom stereocenters. The second kappa shape index (κ2) is 6.18. The molecule has 2 aliphatic heterocycles. The minimum Gasteiger partial charge on any atom is -0.478 e. The van der Waals surface area contributed by atoms with E-state index < -0.39 is 5.97 Å². The lowest BCUT2D eigenvalue weighted by Crippen LogP contribution is -2.31. The zero-order chi connectivity index (χ0) is 16.4. The molecule has 0 bridgehead atoms. The number of rotatable bonds is 3. The van der Waals surface area contributed by atoms with Crippen molar-refractivity contribution in [2.24, 2.45) is 0 Å². The van der Waals surface area contributed by atoms with Crippen LogP contribution in [-0.4, -0.2) is 30.1 Å².